The van der Waals surface area contributed by atoms with Crippen molar-refractivity contribution in [3.63, 3.8) is 0 Å². The first-order valence-corrected chi connectivity index (χ1v) is 10.9. The van der Waals surface area contributed by atoms with Gasteiger partial charge in [-0.1, -0.05) is 62.7 Å². The SMILES string of the molecule is CC(C)(C[C@@](C)(N)c1ccc(Br)cc1)C(F)(F)F.CC(C)OC(=O)CCC(C)(C)C. The Kier molecular flexibility index (Phi) is 10.6. The summed E-state index contributed by atoms with van der Waals surface area (Å²) in [6.07, 6.45) is -2.99. The molecular formula is C23H37BrF3NO2. The van der Waals surface area contributed by atoms with Gasteiger partial charge in [-0.25, -0.2) is 0 Å². The highest BCUT2D eigenvalue weighted by Crippen LogP contribution is 2.45. The van der Waals surface area contributed by atoms with Gasteiger partial charge in [0.05, 0.1) is 11.5 Å². The van der Waals surface area contributed by atoms with E-state index in [2.05, 4.69) is 36.7 Å². The van der Waals surface area contributed by atoms with Crippen molar-refractivity contribution in [2.75, 3.05) is 0 Å². The fraction of sp³-hybridized carbons (Fsp3) is 0.696. The molecule has 0 aliphatic rings. The third-order valence-corrected chi connectivity index (χ3v) is 5.06. The molecule has 0 aromatic heterocycles. The lowest BCUT2D eigenvalue weighted by Crippen LogP contribution is -2.43. The van der Waals surface area contributed by atoms with Gasteiger partial charge in [-0.2, -0.15) is 13.2 Å². The summed E-state index contributed by atoms with van der Waals surface area (Å²) in [6.45, 7) is 14.1. The van der Waals surface area contributed by atoms with Crippen LogP contribution in [-0.4, -0.2) is 18.2 Å². The standard InChI is InChI=1S/C13H17BrF3N.C10H20O2/c1-11(2,13(15,16)17)8-12(3,18)9-4-6-10(14)7-5-9;1-8(2)12-9(11)6-7-10(3,4)5/h4-7H,8,18H2,1-3H3;8H,6-7H2,1-5H3/t12-;/m1./s1. The molecule has 0 amide bonds. The number of benzene rings is 1. The second kappa shape index (κ2) is 11.0. The molecule has 0 radical (unpaired) electrons. The molecule has 0 bridgehead atoms. The number of alkyl halides is 3. The molecule has 3 nitrogen and oxygen atoms in total. The third-order valence-electron chi connectivity index (χ3n) is 4.53. The summed E-state index contributed by atoms with van der Waals surface area (Å²) in [5.41, 5.74) is 4.14. The largest absolute Gasteiger partial charge is 0.463 e. The molecule has 7 heteroatoms. The molecule has 0 unspecified atom stereocenters. The van der Waals surface area contributed by atoms with Gasteiger partial charge in [0.25, 0.3) is 0 Å². The summed E-state index contributed by atoms with van der Waals surface area (Å²) in [5, 5.41) is 0. The van der Waals surface area contributed by atoms with Crippen molar-refractivity contribution in [3.05, 3.63) is 34.3 Å². The quantitative estimate of drug-likeness (QED) is 0.419. The Labute approximate surface area is 188 Å². The highest BCUT2D eigenvalue weighted by atomic mass is 79.9. The summed E-state index contributed by atoms with van der Waals surface area (Å²) >= 11 is 3.28. The normalized spacial score (nSPS) is 14.6. The minimum absolute atomic E-state index is 0.0115. The fourth-order valence-corrected chi connectivity index (χ4v) is 3.01. The van der Waals surface area contributed by atoms with Crippen LogP contribution in [0.3, 0.4) is 0 Å². The van der Waals surface area contributed by atoms with E-state index >= 15 is 0 Å². The molecule has 2 N–H and O–H groups in total. The van der Waals surface area contributed by atoms with E-state index in [-0.39, 0.29) is 23.9 Å². The highest BCUT2D eigenvalue weighted by Gasteiger charge is 2.50. The third kappa shape index (κ3) is 11.3. The summed E-state index contributed by atoms with van der Waals surface area (Å²) in [5.74, 6) is -0.0834. The van der Waals surface area contributed by atoms with Crippen molar-refractivity contribution in [1.29, 1.82) is 0 Å². The summed E-state index contributed by atoms with van der Waals surface area (Å²) in [4.78, 5) is 11.1. The van der Waals surface area contributed by atoms with Gasteiger partial charge >= 0.3 is 12.1 Å². The molecule has 1 aromatic rings. The van der Waals surface area contributed by atoms with Crippen LogP contribution in [0.1, 0.15) is 80.2 Å². The topological polar surface area (TPSA) is 52.3 Å². The van der Waals surface area contributed by atoms with Crippen LogP contribution in [0.5, 0.6) is 0 Å². The molecule has 174 valence electrons. The number of carbonyl (C=O) groups is 1. The van der Waals surface area contributed by atoms with Crippen molar-refractivity contribution in [2.45, 2.75) is 92.5 Å². The molecule has 0 heterocycles. The maximum atomic E-state index is 12.9. The highest BCUT2D eigenvalue weighted by molar-refractivity contribution is 9.10. The number of halogens is 4. The molecule has 0 spiro atoms. The van der Waals surface area contributed by atoms with E-state index in [0.717, 1.165) is 10.9 Å². The first-order chi connectivity index (χ1) is 13.3. The van der Waals surface area contributed by atoms with Crippen LogP contribution in [-0.2, 0) is 15.1 Å². The monoisotopic (exact) mass is 495 g/mol. The molecule has 0 aliphatic heterocycles. The fourth-order valence-electron chi connectivity index (χ4n) is 2.75. The van der Waals surface area contributed by atoms with Crippen LogP contribution in [0, 0.1) is 10.8 Å². The molecule has 0 saturated heterocycles. The lowest BCUT2D eigenvalue weighted by Gasteiger charge is -2.36. The Bertz CT molecular complexity index is 661. The molecule has 1 rings (SSSR count). The number of carbonyl (C=O) groups excluding carboxylic acids is 1. The number of esters is 1. The van der Waals surface area contributed by atoms with Crippen LogP contribution < -0.4 is 5.73 Å². The zero-order valence-electron chi connectivity index (χ0n) is 19.4. The van der Waals surface area contributed by atoms with Gasteiger partial charge in [-0.3, -0.25) is 4.79 Å². The number of nitrogens with two attached hydrogens (primary N) is 1. The Morgan fingerprint density at radius 3 is 1.87 bits per heavy atom. The molecule has 30 heavy (non-hydrogen) atoms. The van der Waals surface area contributed by atoms with E-state index in [4.69, 9.17) is 10.5 Å². The Balaban J connectivity index is 0.000000612. The van der Waals surface area contributed by atoms with Gasteiger partial charge in [0, 0.05) is 16.4 Å². The second-order valence-electron chi connectivity index (χ2n) is 10.1. The van der Waals surface area contributed by atoms with Crippen LogP contribution in [0.2, 0.25) is 0 Å². The van der Waals surface area contributed by atoms with E-state index in [1.54, 1.807) is 31.2 Å². The van der Waals surface area contributed by atoms with Gasteiger partial charge in [0.1, 0.15) is 0 Å². The summed E-state index contributed by atoms with van der Waals surface area (Å²) < 4.78 is 44.5. The van der Waals surface area contributed by atoms with Crippen LogP contribution in [0.15, 0.2) is 28.7 Å². The van der Waals surface area contributed by atoms with Gasteiger partial charge in [0.15, 0.2) is 0 Å². The molecular weight excluding hydrogens is 459 g/mol. The Morgan fingerprint density at radius 2 is 1.50 bits per heavy atom. The maximum absolute atomic E-state index is 12.9. The number of rotatable bonds is 6. The number of ether oxygens (including phenoxy) is 1. The van der Waals surface area contributed by atoms with E-state index in [9.17, 15) is 18.0 Å². The lowest BCUT2D eigenvalue weighted by molar-refractivity contribution is -0.218. The van der Waals surface area contributed by atoms with E-state index in [1.807, 2.05) is 13.8 Å². The van der Waals surface area contributed by atoms with Gasteiger partial charge in [0.2, 0.25) is 0 Å². The van der Waals surface area contributed by atoms with E-state index < -0.39 is 17.1 Å². The van der Waals surface area contributed by atoms with Crippen LogP contribution >= 0.6 is 15.9 Å². The predicted molar refractivity (Wildman–Crippen MR) is 120 cm³/mol. The molecule has 0 fully saturated rings. The zero-order valence-corrected chi connectivity index (χ0v) is 21.0. The first-order valence-electron chi connectivity index (χ1n) is 10.1. The van der Waals surface area contributed by atoms with Gasteiger partial charge in [-0.05, 0) is 56.7 Å². The van der Waals surface area contributed by atoms with Gasteiger partial charge < -0.3 is 10.5 Å². The Hall–Kier alpha value is -1.08. The van der Waals surface area contributed by atoms with Crippen molar-refractivity contribution in [2.24, 2.45) is 16.6 Å². The van der Waals surface area contributed by atoms with Crippen LogP contribution in [0.25, 0.3) is 0 Å². The average Bonchev–Trinajstić information content (AvgIpc) is 2.50. The second-order valence-corrected chi connectivity index (χ2v) is 11.0. The van der Waals surface area contributed by atoms with Crippen molar-refractivity contribution in [1.82, 2.24) is 0 Å². The predicted octanol–water partition coefficient (Wildman–Crippen LogP) is 7.37. The first kappa shape index (κ1) is 28.9. The molecule has 0 aliphatic carbocycles. The number of hydrogen-bond donors (Lipinski definition) is 1. The average molecular weight is 496 g/mol. The van der Waals surface area contributed by atoms with Gasteiger partial charge in [-0.15, -0.1) is 0 Å². The lowest BCUT2D eigenvalue weighted by atomic mass is 9.76. The van der Waals surface area contributed by atoms with E-state index in [0.29, 0.717) is 12.0 Å². The van der Waals surface area contributed by atoms with Crippen LogP contribution in [0.4, 0.5) is 13.2 Å². The minimum atomic E-state index is -4.26. The molecule has 1 atom stereocenters. The zero-order chi connectivity index (χ0) is 24.0. The number of hydrogen-bond acceptors (Lipinski definition) is 3. The van der Waals surface area contributed by atoms with Crippen molar-refractivity contribution in [3.8, 4) is 0 Å². The summed E-state index contributed by atoms with van der Waals surface area (Å²) in [6, 6.07) is 7.05. The summed E-state index contributed by atoms with van der Waals surface area (Å²) in [7, 11) is 0. The van der Waals surface area contributed by atoms with Crippen molar-refractivity contribution < 1.29 is 22.7 Å². The maximum Gasteiger partial charge on any atom is 0.394 e. The minimum Gasteiger partial charge on any atom is -0.463 e. The Morgan fingerprint density at radius 1 is 1.03 bits per heavy atom. The smallest absolute Gasteiger partial charge is 0.394 e. The molecule has 0 saturated carbocycles. The van der Waals surface area contributed by atoms with Crippen molar-refractivity contribution >= 4 is 21.9 Å². The van der Waals surface area contributed by atoms with E-state index in [1.165, 1.54) is 13.8 Å². The molecule has 1 aromatic carbocycles.